The van der Waals surface area contributed by atoms with Crippen molar-refractivity contribution in [2.45, 2.75) is 24.7 Å². The highest BCUT2D eigenvalue weighted by molar-refractivity contribution is 7.93. The molecule has 1 amide bonds. The third kappa shape index (κ3) is 5.31. The molecule has 9 heteroatoms. The second-order valence-corrected chi connectivity index (χ2v) is 9.02. The molecule has 0 saturated heterocycles. The molecule has 0 aliphatic rings. The zero-order valence-corrected chi connectivity index (χ0v) is 17.4. The molecule has 3 rings (SSSR count). The number of thiazole rings is 1. The average molecular weight is 436 g/mol. The van der Waals surface area contributed by atoms with Crippen LogP contribution in [0.25, 0.3) is 0 Å². The number of hydrogen-bond acceptors (Lipinski definition) is 5. The van der Waals surface area contributed by atoms with Crippen LogP contribution in [0.5, 0.6) is 0 Å². The van der Waals surface area contributed by atoms with E-state index < -0.39 is 10.0 Å². The topological polar surface area (TPSA) is 88.2 Å². The number of nitrogens with zero attached hydrogens (tertiary/aromatic N) is 1. The van der Waals surface area contributed by atoms with Gasteiger partial charge in [0.15, 0.2) is 5.13 Å². The first-order valence-corrected chi connectivity index (χ1v) is 11.2. The molecule has 6 nitrogen and oxygen atoms in total. The van der Waals surface area contributed by atoms with Gasteiger partial charge < -0.3 is 5.32 Å². The molecule has 1 aromatic heterocycles. The number of halogens is 1. The van der Waals surface area contributed by atoms with Crippen LogP contribution in [0.15, 0.2) is 58.8 Å². The minimum absolute atomic E-state index is 0.167. The fraction of sp³-hybridized carbons (Fsp3) is 0.158. The van der Waals surface area contributed by atoms with Gasteiger partial charge in [-0.05, 0) is 43.2 Å². The number of amides is 1. The van der Waals surface area contributed by atoms with Gasteiger partial charge in [0.25, 0.3) is 10.0 Å². The van der Waals surface area contributed by atoms with Crippen molar-refractivity contribution in [3.8, 4) is 0 Å². The first-order valence-electron chi connectivity index (χ1n) is 8.42. The number of benzene rings is 2. The normalized spacial score (nSPS) is 11.2. The van der Waals surface area contributed by atoms with Gasteiger partial charge in [-0.1, -0.05) is 35.9 Å². The van der Waals surface area contributed by atoms with Gasteiger partial charge in [-0.15, -0.1) is 11.3 Å². The van der Waals surface area contributed by atoms with E-state index in [1.54, 1.807) is 35.7 Å². The van der Waals surface area contributed by atoms with Crippen molar-refractivity contribution in [1.29, 1.82) is 0 Å². The molecule has 146 valence electrons. The van der Waals surface area contributed by atoms with E-state index in [4.69, 9.17) is 11.6 Å². The third-order valence-electron chi connectivity index (χ3n) is 3.89. The Morgan fingerprint density at radius 1 is 1.18 bits per heavy atom. The number of carbonyl (C=O) groups is 1. The highest BCUT2D eigenvalue weighted by Gasteiger charge is 2.16. The molecule has 0 aliphatic heterocycles. The maximum Gasteiger partial charge on any atom is 0.263 e. The molecule has 0 bridgehead atoms. The van der Waals surface area contributed by atoms with Crippen LogP contribution in [0.1, 0.15) is 17.7 Å². The van der Waals surface area contributed by atoms with Crippen LogP contribution in [0.3, 0.4) is 0 Å². The van der Waals surface area contributed by atoms with Crippen molar-refractivity contribution in [3.63, 3.8) is 0 Å². The minimum atomic E-state index is -3.67. The summed E-state index contributed by atoms with van der Waals surface area (Å²) in [7, 11) is -3.67. The highest BCUT2D eigenvalue weighted by atomic mass is 35.5. The summed E-state index contributed by atoms with van der Waals surface area (Å²) in [5.41, 5.74) is 2.22. The highest BCUT2D eigenvalue weighted by Crippen LogP contribution is 2.22. The van der Waals surface area contributed by atoms with Crippen LogP contribution >= 0.6 is 22.9 Å². The number of sulfonamides is 1. The van der Waals surface area contributed by atoms with Gasteiger partial charge in [0, 0.05) is 22.5 Å². The Hall–Kier alpha value is -2.42. The van der Waals surface area contributed by atoms with Crippen LogP contribution in [0.2, 0.25) is 5.02 Å². The van der Waals surface area contributed by atoms with E-state index in [-0.39, 0.29) is 22.4 Å². The first kappa shape index (κ1) is 20.3. The summed E-state index contributed by atoms with van der Waals surface area (Å²) >= 11 is 7.23. The molecule has 0 aliphatic carbocycles. The summed E-state index contributed by atoms with van der Waals surface area (Å²) in [5, 5.41) is 5.38. The Balaban J connectivity index is 1.56. The number of aromatic nitrogens is 1. The summed E-state index contributed by atoms with van der Waals surface area (Å²) in [5.74, 6) is -0.167. The lowest BCUT2D eigenvalue weighted by Crippen LogP contribution is -2.13. The predicted molar refractivity (Wildman–Crippen MR) is 113 cm³/mol. The number of carbonyl (C=O) groups excluding carboxylic acids is 1. The fourth-order valence-electron chi connectivity index (χ4n) is 2.38. The molecular weight excluding hydrogens is 418 g/mol. The summed E-state index contributed by atoms with van der Waals surface area (Å²) in [6.07, 6.45) is 0.620. The van der Waals surface area contributed by atoms with Gasteiger partial charge in [0.1, 0.15) is 0 Å². The standard InChI is InChI=1S/C19H18ClN3O3S2/c1-13-7-8-14(11-17(13)20)21-18(24)10-9-15-12-27-19(22-15)23-28(25,26)16-5-3-2-4-6-16/h2-8,11-12H,9-10H2,1H3,(H,21,24)(H,22,23). The lowest BCUT2D eigenvalue weighted by molar-refractivity contribution is -0.116. The van der Waals surface area contributed by atoms with Crippen LogP contribution in [-0.2, 0) is 21.2 Å². The van der Waals surface area contributed by atoms with Crippen molar-refractivity contribution < 1.29 is 13.2 Å². The SMILES string of the molecule is Cc1ccc(NC(=O)CCc2csc(NS(=O)(=O)c3ccccc3)n2)cc1Cl. The Kier molecular flexibility index (Phi) is 6.33. The largest absolute Gasteiger partial charge is 0.326 e. The predicted octanol–water partition coefficient (Wildman–Crippen LogP) is 4.48. The number of nitrogens with one attached hydrogen (secondary N) is 2. The van der Waals surface area contributed by atoms with Gasteiger partial charge in [0.2, 0.25) is 5.91 Å². The van der Waals surface area contributed by atoms with E-state index in [0.29, 0.717) is 22.8 Å². The molecule has 1 heterocycles. The van der Waals surface area contributed by atoms with Gasteiger partial charge in [-0.2, -0.15) is 0 Å². The van der Waals surface area contributed by atoms with E-state index in [1.807, 2.05) is 13.0 Å². The molecule has 2 aromatic carbocycles. The van der Waals surface area contributed by atoms with E-state index >= 15 is 0 Å². The van der Waals surface area contributed by atoms with Gasteiger partial charge in [-0.3, -0.25) is 9.52 Å². The minimum Gasteiger partial charge on any atom is -0.326 e. The molecule has 2 N–H and O–H groups in total. The Morgan fingerprint density at radius 2 is 1.93 bits per heavy atom. The molecule has 0 fully saturated rings. The summed E-state index contributed by atoms with van der Waals surface area (Å²) < 4.78 is 27.1. The summed E-state index contributed by atoms with van der Waals surface area (Å²) in [6.45, 7) is 1.89. The number of rotatable bonds is 7. The molecule has 28 heavy (non-hydrogen) atoms. The van der Waals surface area contributed by atoms with Crippen molar-refractivity contribution in [2.75, 3.05) is 10.0 Å². The van der Waals surface area contributed by atoms with Crippen molar-refractivity contribution in [2.24, 2.45) is 0 Å². The van der Waals surface area contributed by atoms with E-state index in [0.717, 1.165) is 5.56 Å². The Bertz CT molecular complexity index is 1080. The molecule has 0 spiro atoms. The van der Waals surface area contributed by atoms with Crippen LogP contribution in [0.4, 0.5) is 10.8 Å². The lowest BCUT2D eigenvalue weighted by atomic mass is 10.2. The Labute approximate surface area is 172 Å². The van der Waals surface area contributed by atoms with Crippen LogP contribution in [-0.4, -0.2) is 19.3 Å². The molecule has 0 atom stereocenters. The van der Waals surface area contributed by atoms with Crippen LogP contribution < -0.4 is 10.0 Å². The second kappa shape index (κ2) is 8.72. The smallest absolute Gasteiger partial charge is 0.263 e. The molecule has 0 radical (unpaired) electrons. The quantitative estimate of drug-likeness (QED) is 0.572. The number of aryl methyl sites for hydroxylation is 2. The molecule has 0 unspecified atom stereocenters. The summed E-state index contributed by atoms with van der Waals surface area (Å²) in [4.78, 5) is 16.5. The third-order valence-corrected chi connectivity index (χ3v) is 6.59. The zero-order valence-electron chi connectivity index (χ0n) is 15.0. The van der Waals surface area contributed by atoms with Crippen molar-refractivity contribution in [3.05, 3.63) is 70.2 Å². The molecule has 3 aromatic rings. The van der Waals surface area contributed by atoms with Crippen molar-refractivity contribution in [1.82, 2.24) is 4.98 Å². The number of anilines is 2. The van der Waals surface area contributed by atoms with E-state index in [2.05, 4.69) is 15.0 Å². The lowest BCUT2D eigenvalue weighted by Gasteiger charge is -2.06. The fourth-order valence-corrected chi connectivity index (χ4v) is 4.58. The second-order valence-electron chi connectivity index (χ2n) is 6.07. The van der Waals surface area contributed by atoms with Crippen LogP contribution in [0, 0.1) is 6.92 Å². The van der Waals surface area contributed by atoms with Gasteiger partial charge >= 0.3 is 0 Å². The maximum absolute atomic E-state index is 12.3. The first-order chi connectivity index (χ1) is 13.3. The van der Waals surface area contributed by atoms with Gasteiger partial charge in [0.05, 0.1) is 10.6 Å². The van der Waals surface area contributed by atoms with Gasteiger partial charge in [-0.25, -0.2) is 13.4 Å². The summed E-state index contributed by atoms with van der Waals surface area (Å²) in [6, 6.07) is 13.4. The van der Waals surface area contributed by atoms with Crippen molar-refractivity contribution >= 4 is 49.7 Å². The average Bonchev–Trinajstić information content (AvgIpc) is 3.10. The number of hydrogen-bond donors (Lipinski definition) is 2. The van der Waals surface area contributed by atoms with E-state index in [1.165, 1.54) is 23.5 Å². The maximum atomic E-state index is 12.3. The molecule has 0 saturated carbocycles. The Morgan fingerprint density at radius 3 is 2.64 bits per heavy atom. The van der Waals surface area contributed by atoms with E-state index in [9.17, 15) is 13.2 Å². The molecular formula is C19H18ClN3O3S2. The zero-order chi connectivity index (χ0) is 20.1. The monoisotopic (exact) mass is 435 g/mol.